The first-order valence-electron chi connectivity index (χ1n) is 10.5. The van der Waals surface area contributed by atoms with Gasteiger partial charge in [0.15, 0.2) is 0 Å². The molecule has 0 amide bonds. The van der Waals surface area contributed by atoms with E-state index in [0.717, 1.165) is 4.57 Å². The summed E-state index contributed by atoms with van der Waals surface area (Å²) in [7, 11) is 17.6. The standard InChI is InChI=1S/C23H20F3N3O3.Au.3ClH/c1-12-7-8-15(32-12)17-20-19-16(21(30)28(3)22(31)27(19)2)18(13-5-4-6-14(24)11-13)29(20)10-9-23(17,25)26;;;;/h4-8,11,17H,9-10H2,1-3H3;;3*1H/q;+3;;;/p-3. The summed E-state index contributed by atoms with van der Waals surface area (Å²) < 4.78 is 54.2. The minimum absolute atomic E-state index is 0.0479. The van der Waals surface area contributed by atoms with Crippen LogP contribution in [0.1, 0.15) is 29.6 Å². The fourth-order valence-corrected chi connectivity index (χ4v) is 4.76. The number of rotatable bonds is 2. The van der Waals surface area contributed by atoms with Crippen molar-refractivity contribution in [2.24, 2.45) is 14.1 Å². The Morgan fingerprint density at radius 3 is 2.33 bits per heavy atom. The quantitative estimate of drug-likeness (QED) is 0.237. The van der Waals surface area contributed by atoms with E-state index in [1.54, 1.807) is 23.6 Å². The van der Waals surface area contributed by atoms with Crippen LogP contribution in [0.5, 0.6) is 0 Å². The van der Waals surface area contributed by atoms with Crippen molar-refractivity contribution in [3.05, 3.63) is 80.3 Å². The zero-order chi connectivity index (χ0) is 26.5. The molecule has 0 aliphatic carbocycles. The molecule has 4 aromatic rings. The summed E-state index contributed by atoms with van der Waals surface area (Å²) in [5, 5.41) is 0.0983. The molecule has 1 unspecified atom stereocenters. The van der Waals surface area contributed by atoms with Crippen LogP contribution in [0.4, 0.5) is 13.2 Å². The van der Waals surface area contributed by atoms with Crippen molar-refractivity contribution in [3.8, 4) is 11.3 Å². The predicted molar refractivity (Wildman–Crippen MR) is 130 cm³/mol. The van der Waals surface area contributed by atoms with Crippen molar-refractivity contribution >= 4 is 38.5 Å². The molecule has 0 spiro atoms. The van der Waals surface area contributed by atoms with E-state index in [0.29, 0.717) is 17.0 Å². The van der Waals surface area contributed by atoms with E-state index in [1.807, 2.05) is 0 Å². The SMILES string of the molecule is Cc1ccc(C2c3c4c(c(-c5cccc(F)c5)n3CCC2(F)F)c(=O)n(C)c(=O)n4C)o1.[Cl][Au]([Cl])[Cl]. The molecule has 4 heterocycles. The third-order valence-electron chi connectivity index (χ3n) is 6.21. The maximum atomic E-state index is 15.4. The Hall–Kier alpha value is -1.88. The average Bonchev–Trinajstić information content (AvgIpc) is 3.36. The molecule has 0 bridgehead atoms. The van der Waals surface area contributed by atoms with Crippen LogP contribution in [-0.2, 0) is 35.8 Å². The number of benzene rings is 1. The van der Waals surface area contributed by atoms with E-state index in [2.05, 4.69) is 0 Å². The van der Waals surface area contributed by atoms with E-state index < -0.39 is 50.5 Å². The molecule has 0 N–H and O–H groups in total. The molecule has 13 heteroatoms. The molecule has 198 valence electrons. The molecule has 1 aliphatic rings. The van der Waals surface area contributed by atoms with Crippen LogP contribution < -0.4 is 11.2 Å². The van der Waals surface area contributed by atoms with Gasteiger partial charge in [0.2, 0.25) is 0 Å². The van der Waals surface area contributed by atoms with Crippen molar-refractivity contribution < 1.29 is 32.8 Å². The van der Waals surface area contributed by atoms with Gasteiger partial charge in [-0.3, -0.25) is 13.9 Å². The Labute approximate surface area is 221 Å². The van der Waals surface area contributed by atoms with Gasteiger partial charge in [-0.1, -0.05) is 12.1 Å². The second kappa shape index (κ2) is 10.1. The van der Waals surface area contributed by atoms with Crippen molar-refractivity contribution in [1.29, 1.82) is 0 Å². The first-order chi connectivity index (χ1) is 16.8. The number of nitrogens with zero attached hydrogens (tertiary/aromatic N) is 3. The van der Waals surface area contributed by atoms with Crippen LogP contribution in [-0.4, -0.2) is 19.6 Å². The van der Waals surface area contributed by atoms with Gasteiger partial charge in [-0.05, 0) is 31.2 Å². The Morgan fingerprint density at radius 1 is 1.08 bits per heavy atom. The monoisotopic (exact) mass is 745 g/mol. The van der Waals surface area contributed by atoms with Crippen molar-refractivity contribution in [2.75, 3.05) is 0 Å². The number of hydrogen-bond acceptors (Lipinski definition) is 3. The van der Waals surface area contributed by atoms with Crippen LogP contribution >= 0.6 is 27.6 Å². The van der Waals surface area contributed by atoms with E-state index in [9.17, 15) is 14.0 Å². The Morgan fingerprint density at radius 2 is 1.75 bits per heavy atom. The summed E-state index contributed by atoms with van der Waals surface area (Å²) >= 11 is -1.79. The van der Waals surface area contributed by atoms with Crippen LogP contribution in [0.2, 0.25) is 0 Å². The number of halogens is 6. The zero-order valence-electron chi connectivity index (χ0n) is 19.1. The molecule has 0 fully saturated rings. The van der Waals surface area contributed by atoms with Gasteiger partial charge >= 0.3 is 48.5 Å². The Bertz CT molecular complexity index is 1570. The zero-order valence-corrected chi connectivity index (χ0v) is 23.5. The third kappa shape index (κ3) is 4.73. The van der Waals surface area contributed by atoms with Gasteiger partial charge in [-0.25, -0.2) is 18.0 Å². The summed E-state index contributed by atoms with van der Waals surface area (Å²) in [6.45, 7) is 1.56. The molecule has 1 aliphatic heterocycles. The van der Waals surface area contributed by atoms with Gasteiger partial charge in [-0.2, -0.15) is 0 Å². The van der Waals surface area contributed by atoms with Crippen molar-refractivity contribution in [2.45, 2.75) is 31.7 Å². The molecule has 36 heavy (non-hydrogen) atoms. The number of hydrogen-bond donors (Lipinski definition) is 0. The normalized spacial score (nSPS) is 16.9. The van der Waals surface area contributed by atoms with Crippen molar-refractivity contribution in [3.63, 3.8) is 0 Å². The van der Waals surface area contributed by atoms with Crippen LogP contribution in [0.3, 0.4) is 0 Å². The van der Waals surface area contributed by atoms with Crippen LogP contribution in [0.25, 0.3) is 22.2 Å². The molecule has 0 saturated carbocycles. The van der Waals surface area contributed by atoms with Gasteiger partial charge in [-0.15, -0.1) is 0 Å². The van der Waals surface area contributed by atoms with Gasteiger partial charge in [0.1, 0.15) is 23.3 Å². The molecule has 1 atom stereocenters. The summed E-state index contributed by atoms with van der Waals surface area (Å²) in [6.07, 6.45) is -0.498. The van der Waals surface area contributed by atoms with Gasteiger partial charge in [0.25, 0.3) is 11.5 Å². The second-order valence-corrected chi connectivity index (χ2v) is 17.7. The molecular formula is C23H20AuCl3F3N3O3. The maximum absolute atomic E-state index is 15.4. The molecular weight excluding hydrogens is 727 g/mol. The number of aryl methyl sites for hydroxylation is 2. The van der Waals surface area contributed by atoms with E-state index in [4.69, 9.17) is 32.0 Å². The van der Waals surface area contributed by atoms with E-state index in [-0.39, 0.29) is 28.9 Å². The number of aromatic nitrogens is 3. The fourth-order valence-electron chi connectivity index (χ4n) is 4.76. The minimum atomic E-state index is -3.18. The molecule has 0 radical (unpaired) electrons. The summed E-state index contributed by atoms with van der Waals surface area (Å²) in [5.74, 6) is -4.69. The first kappa shape index (κ1) is 27.2. The predicted octanol–water partition coefficient (Wildman–Crippen LogP) is 5.98. The Kier molecular flexibility index (Phi) is 7.63. The first-order valence-corrected chi connectivity index (χ1v) is 18.5. The molecule has 1 aromatic carbocycles. The average molecular weight is 747 g/mol. The van der Waals surface area contributed by atoms with E-state index >= 15 is 8.78 Å². The molecule has 0 saturated heterocycles. The Balaban J connectivity index is 0.000000709. The summed E-state index contributed by atoms with van der Waals surface area (Å²) in [5.41, 5.74) is -0.351. The van der Waals surface area contributed by atoms with Crippen LogP contribution in [0, 0.1) is 12.7 Å². The third-order valence-corrected chi connectivity index (χ3v) is 6.21. The van der Waals surface area contributed by atoms with Crippen molar-refractivity contribution in [1.82, 2.24) is 13.7 Å². The van der Waals surface area contributed by atoms with E-state index in [1.165, 1.54) is 42.9 Å². The summed E-state index contributed by atoms with van der Waals surface area (Å²) in [6, 6.07) is 8.72. The van der Waals surface area contributed by atoms with Gasteiger partial charge < -0.3 is 8.98 Å². The molecule has 5 rings (SSSR count). The topological polar surface area (TPSA) is 62.1 Å². The number of fused-ring (bicyclic) bond motifs is 3. The summed E-state index contributed by atoms with van der Waals surface area (Å²) in [4.78, 5) is 26.0. The molecule has 3 aromatic heterocycles. The fraction of sp³-hybridized carbons (Fsp3) is 0.304. The second-order valence-electron chi connectivity index (χ2n) is 8.35. The number of furan rings is 1. The van der Waals surface area contributed by atoms with Crippen LogP contribution in [0.15, 0.2) is 50.4 Å². The van der Waals surface area contributed by atoms with Gasteiger partial charge in [0.05, 0.1) is 22.3 Å². The molecule has 6 nitrogen and oxygen atoms in total. The number of alkyl halides is 2. The van der Waals surface area contributed by atoms with Gasteiger partial charge in [0, 0.05) is 32.6 Å².